The number of aryl methyl sites for hydroxylation is 3. The highest BCUT2D eigenvalue weighted by Crippen LogP contribution is 2.33. The number of carbonyl (C=O) groups excluding carboxylic acids is 1. The summed E-state index contributed by atoms with van der Waals surface area (Å²) in [5.74, 6) is -0.194. The molecule has 1 amide bonds. The average Bonchev–Trinajstić information content (AvgIpc) is 3.06. The molecule has 31 heavy (non-hydrogen) atoms. The first-order valence-electron chi connectivity index (χ1n) is 10.3. The molecule has 1 atom stereocenters. The first-order chi connectivity index (χ1) is 14.7. The van der Waals surface area contributed by atoms with Crippen molar-refractivity contribution in [1.82, 2.24) is 0 Å². The molecular formula is C25H26N2O3S. The van der Waals surface area contributed by atoms with Gasteiger partial charge in [-0.25, -0.2) is 8.42 Å². The fraction of sp³-hybridized carbons (Fsp3) is 0.240. The Bertz CT molecular complexity index is 1280. The summed E-state index contributed by atoms with van der Waals surface area (Å²) in [6, 6.07) is 18.4. The number of hydrogen-bond donors (Lipinski definition) is 1. The van der Waals surface area contributed by atoms with Crippen LogP contribution in [0.5, 0.6) is 0 Å². The largest absolute Gasteiger partial charge is 0.305 e. The van der Waals surface area contributed by atoms with E-state index in [1.807, 2.05) is 57.2 Å². The summed E-state index contributed by atoms with van der Waals surface area (Å²) in [7, 11) is -3.86. The minimum absolute atomic E-state index is 0.0133. The van der Waals surface area contributed by atoms with Gasteiger partial charge < -0.3 is 4.90 Å². The third kappa shape index (κ3) is 3.95. The van der Waals surface area contributed by atoms with Gasteiger partial charge in [-0.3, -0.25) is 9.52 Å². The molecule has 1 aliphatic heterocycles. The van der Waals surface area contributed by atoms with Crippen molar-refractivity contribution in [3.05, 3.63) is 88.5 Å². The van der Waals surface area contributed by atoms with Crippen LogP contribution in [-0.2, 0) is 16.4 Å². The van der Waals surface area contributed by atoms with E-state index in [-0.39, 0.29) is 16.8 Å². The first-order valence-corrected chi connectivity index (χ1v) is 11.8. The van der Waals surface area contributed by atoms with Gasteiger partial charge in [0.25, 0.3) is 15.9 Å². The van der Waals surface area contributed by atoms with E-state index in [9.17, 15) is 13.2 Å². The second kappa shape index (κ2) is 7.85. The molecule has 0 aromatic heterocycles. The zero-order chi connectivity index (χ0) is 22.3. The summed E-state index contributed by atoms with van der Waals surface area (Å²) in [6.45, 7) is 7.51. The van der Waals surface area contributed by atoms with E-state index < -0.39 is 10.0 Å². The number of sulfonamides is 1. The summed E-state index contributed by atoms with van der Waals surface area (Å²) >= 11 is 0. The van der Waals surface area contributed by atoms with Crippen LogP contribution in [-0.4, -0.2) is 20.4 Å². The van der Waals surface area contributed by atoms with Crippen LogP contribution in [0.4, 0.5) is 11.4 Å². The van der Waals surface area contributed by atoms with Crippen LogP contribution >= 0.6 is 0 Å². The fourth-order valence-electron chi connectivity index (χ4n) is 4.08. The molecule has 5 nitrogen and oxygen atoms in total. The number of hydrogen-bond acceptors (Lipinski definition) is 3. The lowest BCUT2D eigenvalue weighted by molar-refractivity contribution is 0.0981. The number of amides is 1. The Kier molecular flexibility index (Phi) is 5.35. The minimum atomic E-state index is -3.86. The third-order valence-corrected chi connectivity index (χ3v) is 7.30. The summed E-state index contributed by atoms with van der Waals surface area (Å²) < 4.78 is 29.1. The molecule has 0 radical (unpaired) electrons. The Balaban J connectivity index is 1.70. The maximum Gasteiger partial charge on any atom is 0.262 e. The average molecular weight is 435 g/mol. The van der Waals surface area contributed by atoms with Crippen molar-refractivity contribution in [3.8, 4) is 0 Å². The molecule has 1 N–H and O–H groups in total. The number of anilines is 2. The predicted octanol–water partition coefficient (Wildman–Crippen LogP) is 5.00. The molecular weight excluding hydrogens is 408 g/mol. The molecule has 160 valence electrons. The number of fused-ring (bicyclic) bond motifs is 1. The van der Waals surface area contributed by atoms with Gasteiger partial charge in [0.15, 0.2) is 0 Å². The van der Waals surface area contributed by atoms with Crippen LogP contribution in [0.2, 0.25) is 0 Å². The van der Waals surface area contributed by atoms with Crippen molar-refractivity contribution in [2.24, 2.45) is 0 Å². The van der Waals surface area contributed by atoms with E-state index in [0.717, 1.165) is 28.8 Å². The van der Waals surface area contributed by atoms with E-state index in [4.69, 9.17) is 0 Å². The SMILES string of the molecule is Cc1ccc(C)c(NS(=O)(=O)c2cc(C(=O)N3c4ccccc4C[C@@H]3C)ccc2C)c1. The normalized spacial score (nSPS) is 15.6. The van der Waals surface area contributed by atoms with E-state index in [0.29, 0.717) is 16.8 Å². The topological polar surface area (TPSA) is 66.5 Å². The maximum atomic E-state index is 13.4. The first kappa shape index (κ1) is 21.1. The second-order valence-electron chi connectivity index (χ2n) is 8.26. The summed E-state index contributed by atoms with van der Waals surface area (Å²) in [5, 5.41) is 0. The van der Waals surface area contributed by atoms with Gasteiger partial charge in [-0.05, 0) is 80.6 Å². The Morgan fingerprint density at radius 2 is 1.68 bits per heavy atom. The van der Waals surface area contributed by atoms with Crippen LogP contribution in [0.15, 0.2) is 65.6 Å². The molecule has 3 aromatic carbocycles. The van der Waals surface area contributed by atoms with E-state index in [1.165, 1.54) is 6.07 Å². The van der Waals surface area contributed by atoms with Gasteiger partial charge in [0, 0.05) is 17.3 Å². The van der Waals surface area contributed by atoms with Gasteiger partial charge in [-0.15, -0.1) is 0 Å². The molecule has 1 aliphatic rings. The molecule has 0 saturated carbocycles. The molecule has 1 heterocycles. The Morgan fingerprint density at radius 1 is 0.968 bits per heavy atom. The quantitative estimate of drug-likeness (QED) is 0.628. The summed E-state index contributed by atoms with van der Waals surface area (Å²) in [4.78, 5) is 15.2. The molecule has 4 rings (SSSR count). The lowest BCUT2D eigenvalue weighted by Gasteiger charge is -2.23. The number of nitrogens with zero attached hydrogens (tertiary/aromatic N) is 1. The van der Waals surface area contributed by atoms with Gasteiger partial charge in [0.1, 0.15) is 0 Å². The zero-order valence-corrected chi connectivity index (χ0v) is 19.0. The molecule has 0 unspecified atom stereocenters. The van der Waals surface area contributed by atoms with Gasteiger partial charge >= 0.3 is 0 Å². The number of rotatable bonds is 4. The standard InChI is InChI=1S/C25H26N2O3S/c1-16-9-10-17(2)22(13-16)26-31(29,30)24-15-21(12-11-18(24)3)25(28)27-19(4)14-20-7-5-6-8-23(20)27/h5-13,15,19,26H,14H2,1-4H3/t19-/m0/s1. The molecule has 0 saturated heterocycles. The van der Waals surface area contributed by atoms with E-state index >= 15 is 0 Å². The van der Waals surface area contributed by atoms with Gasteiger partial charge in [0.05, 0.1) is 10.6 Å². The van der Waals surface area contributed by atoms with E-state index in [1.54, 1.807) is 30.0 Å². The van der Waals surface area contributed by atoms with Crippen molar-refractivity contribution in [2.75, 3.05) is 9.62 Å². The van der Waals surface area contributed by atoms with E-state index in [2.05, 4.69) is 4.72 Å². The Labute approximate surface area is 183 Å². The van der Waals surface area contributed by atoms with Crippen molar-refractivity contribution in [1.29, 1.82) is 0 Å². The highest BCUT2D eigenvalue weighted by atomic mass is 32.2. The van der Waals surface area contributed by atoms with Crippen LogP contribution in [0.25, 0.3) is 0 Å². The van der Waals surface area contributed by atoms with Gasteiger partial charge in [0.2, 0.25) is 0 Å². The number of para-hydroxylation sites is 1. The lowest BCUT2D eigenvalue weighted by Crippen LogP contribution is -2.35. The molecule has 3 aromatic rings. The molecule has 0 aliphatic carbocycles. The van der Waals surface area contributed by atoms with Crippen LogP contribution in [0.1, 0.15) is 39.5 Å². The molecule has 0 bridgehead atoms. The zero-order valence-electron chi connectivity index (χ0n) is 18.1. The Hall–Kier alpha value is -3.12. The number of benzene rings is 3. The summed E-state index contributed by atoms with van der Waals surface area (Å²) in [5.41, 5.74) is 5.29. The highest BCUT2D eigenvalue weighted by Gasteiger charge is 2.32. The Morgan fingerprint density at radius 3 is 2.45 bits per heavy atom. The van der Waals surface area contributed by atoms with Crippen molar-refractivity contribution >= 4 is 27.3 Å². The van der Waals surface area contributed by atoms with Gasteiger partial charge in [-0.1, -0.05) is 36.4 Å². The number of carbonyl (C=O) groups is 1. The number of nitrogens with one attached hydrogen (secondary N) is 1. The van der Waals surface area contributed by atoms with Gasteiger partial charge in [-0.2, -0.15) is 0 Å². The van der Waals surface area contributed by atoms with Crippen molar-refractivity contribution < 1.29 is 13.2 Å². The van der Waals surface area contributed by atoms with Crippen LogP contribution < -0.4 is 9.62 Å². The fourth-order valence-corrected chi connectivity index (χ4v) is 5.48. The smallest absolute Gasteiger partial charge is 0.262 e. The minimum Gasteiger partial charge on any atom is -0.305 e. The maximum absolute atomic E-state index is 13.4. The second-order valence-corrected chi connectivity index (χ2v) is 9.91. The third-order valence-electron chi connectivity index (χ3n) is 5.79. The van der Waals surface area contributed by atoms with Crippen LogP contribution in [0.3, 0.4) is 0 Å². The molecule has 6 heteroatoms. The highest BCUT2D eigenvalue weighted by molar-refractivity contribution is 7.92. The molecule has 0 fully saturated rings. The summed E-state index contributed by atoms with van der Waals surface area (Å²) in [6.07, 6.45) is 0.785. The monoisotopic (exact) mass is 434 g/mol. The molecule has 0 spiro atoms. The predicted molar refractivity (Wildman–Crippen MR) is 124 cm³/mol. The van der Waals surface area contributed by atoms with Crippen molar-refractivity contribution in [2.45, 2.75) is 45.1 Å². The lowest BCUT2D eigenvalue weighted by atomic mass is 10.1. The van der Waals surface area contributed by atoms with Crippen molar-refractivity contribution in [3.63, 3.8) is 0 Å². The van der Waals surface area contributed by atoms with Crippen LogP contribution in [0, 0.1) is 20.8 Å².